The van der Waals surface area contributed by atoms with Crippen LogP contribution in [0.3, 0.4) is 0 Å². The molecule has 2 saturated heterocycles. The molecular weight excluding hydrogens is 375 g/mol. The number of ether oxygens (including phenoxy) is 1. The van der Waals surface area contributed by atoms with Crippen LogP contribution in [0, 0.1) is 11.2 Å². The van der Waals surface area contributed by atoms with Crippen LogP contribution in [0.2, 0.25) is 0 Å². The Labute approximate surface area is 164 Å². The van der Waals surface area contributed by atoms with Crippen LogP contribution in [0.4, 0.5) is 14.9 Å². The fourth-order valence-corrected chi connectivity index (χ4v) is 3.55. The van der Waals surface area contributed by atoms with Gasteiger partial charge in [-0.15, -0.1) is 12.4 Å². The van der Waals surface area contributed by atoms with Gasteiger partial charge in [-0.3, -0.25) is 4.79 Å². The van der Waals surface area contributed by atoms with E-state index in [0.717, 1.165) is 0 Å². The molecule has 3 rings (SSSR count). The maximum absolute atomic E-state index is 12.9. The number of carbonyl (C=O) groups excluding carboxylic acids is 2. The van der Waals surface area contributed by atoms with E-state index in [-0.39, 0.29) is 36.2 Å². The van der Waals surface area contributed by atoms with Crippen molar-refractivity contribution in [3.8, 4) is 0 Å². The van der Waals surface area contributed by atoms with E-state index in [1.807, 2.05) is 0 Å². The summed E-state index contributed by atoms with van der Waals surface area (Å²) < 4.78 is 18.3. The Hall–Kier alpha value is -1.90. The second kappa shape index (κ2) is 9.34. The number of likely N-dealkylation sites (tertiary alicyclic amines) is 1. The first-order valence-electron chi connectivity index (χ1n) is 8.93. The smallest absolute Gasteiger partial charge is 0.319 e. The number of nitrogens with one attached hydrogen (secondary N) is 2. The number of amides is 3. The molecule has 0 spiro atoms. The number of nitrogens with zero attached hydrogens (tertiary/aromatic N) is 1. The Morgan fingerprint density at radius 1 is 1.26 bits per heavy atom. The van der Waals surface area contributed by atoms with Crippen molar-refractivity contribution in [3.63, 3.8) is 0 Å². The molecule has 0 bridgehead atoms. The highest BCUT2D eigenvalue weighted by Crippen LogP contribution is 2.32. The lowest BCUT2D eigenvalue weighted by Gasteiger charge is -2.37. The van der Waals surface area contributed by atoms with E-state index in [9.17, 15) is 14.0 Å². The lowest BCUT2D eigenvalue weighted by molar-refractivity contribution is -0.146. The van der Waals surface area contributed by atoms with Crippen LogP contribution in [-0.2, 0) is 9.53 Å². The molecule has 0 aliphatic carbocycles. The standard InChI is InChI=1S/C18H25FN4O3.ClH/c19-13-1-3-14(4-2-13)21-17(25)22-15-5-8-23(11-15)16(24)18(12-20)6-9-26-10-7-18;/h1-4,15H,5-12,20H2,(H2,21,22,25);1H. The predicted octanol–water partition coefficient (Wildman–Crippen LogP) is 1.73. The van der Waals surface area contributed by atoms with Gasteiger partial charge in [-0.05, 0) is 43.5 Å². The van der Waals surface area contributed by atoms with Gasteiger partial charge in [0.1, 0.15) is 5.82 Å². The zero-order chi connectivity index (χ0) is 18.6. The van der Waals surface area contributed by atoms with Gasteiger partial charge in [0, 0.05) is 44.6 Å². The SMILES string of the molecule is Cl.NCC1(C(=O)N2CCC(NC(=O)Nc3ccc(F)cc3)C2)CCOCC1. The van der Waals surface area contributed by atoms with Crippen molar-refractivity contribution in [1.82, 2.24) is 10.2 Å². The fourth-order valence-electron chi connectivity index (χ4n) is 3.55. The van der Waals surface area contributed by atoms with E-state index in [1.54, 1.807) is 4.90 Å². The lowest BCUT2D eigenvalue weighted by atomic mass is 9.79. The van der Waals surface area contributed by atoms with Crippen molar-refractivity contribution in [2.75, 3.05) is 38.2 Å². The fraction of sp³-hybridized carbons (Fsp3) is 0.556. The Morgan fingerprint density at radius 3 is 2.56 bits per heavy atom. The highest BCUT2D eigenvalue weighted by Gasteiger charge is 2.43. The highest BCUT2D eigenvalue weighted by atomic mass is 35.5. The minimum atomic E-state index is -0.538. The molecule has 2 aliphatic heterocycles. The molecule has 3 amide bonds. The van der Waals surface area contributed by atoms with Crippen LogP contribution >= 0.6 is 12.4 Å². The van der Waals surface area contributed by atoms with Crippen LogP contribution in [0.1, 0.15) is 19.3 Å². The Bertz CT molecular complexity index is 653. The summed E-state index contributed by atoms with van der Waals surface area (Å²) >= 11 is 0. The number of hydrogen-bond acceptors (Lipinski definition) is 4. The third kappa shape index (κ3) is 5.09. The average molecular weight is 401 g/mol. The van der Waals surface area contributed by atoms with Gasteiger partial charge >= 0.3 is 6.03 Å². The van der Waals surface area contributed by atoms with Gasteiger partial charge in [-0.25, -0.2) is 9.18 Å². The monoisotopic (exact) mass is 400 g/mol. The zero-order valence-electron chi connectivity index (χ0n) is 15.1. The second-order valence-corrected chi connectivity index (χ2v) is 6.94. The number of hydrogen-bond donors (Lipinski definition) is 3. The maximum atomic E-state index is 12.9. The van der Waals surface area contributed by atoms with Crippen molar-refractivity contribution < 1.29 is 18.7 Å². The van der Waals surface area contributed by atoms with Crippen LogP contribution in [0.15, 0.2) is 24.3 Å². The summed E-state index contributed by atoms with van der Waals surface area (Å²) in [5.41, 5.74) is 5.88. The van der Waals surface area contributed by atoms with E-state index in [2.05, 4.69) is 10.6 Å². The number of rotatable bonds is 4. The number of benzene rings is 1. The molecule has 0 aromatic heterocycles. The quantitative estimate of drug-likeness (QED) is 0.717. The van der Waals surface area contributed by atoms with E-state index >= 15 is 0 Å². The summed E-state index contributed by atoms with van der Waals surface area (Å²) in [6, 6.07) is 5.08. The summed E-state index contributed by atoms with van der Waals surface area (Å²) in [4.78, 5) is 26.8. The first-order valence-corrected chi connectivity index (χ1v) is 8.93. The number of nitrogens with two attached hydrogens (primary N) is 1. The third-order valence-corrected chi connectivity index (χ3v) is 5.21. The molecule has 27 heavy (non-hydrogen) atoms. The molecule has 1 aromatic carbocycles. The minimum Gasteiger partial charge on any atom is -0.381 e. The number of anilines is 1. The molecule has 1 unspecified atom stereocenters. The number of halogens is 2. The van der Waals surface area contributed by atoms with Gasteiger partial charge in [0.25, 0.3) is 0 Å². The van der Waals surface area contributed by atoms with Gasteiger partial charge in [-0.1, -0.05) is 0 Å². The Kier molecular flexibility index (Phi) is 7.41. The first-order chi connectivity index (χ1) is 12.5. The summed E-state index contributed by atoms with van der Waals surface area (Å²) in [7, 11) is 0. The largest absolute Gasteiger partial charge is 0.381 e. The molecule has 1 aromatic rings. The van der Waals surface area contributed by atoms with Crippen LogP contribution in [0.5, 0.6) is 0 Å². The third-order valence-electron chi connectivity index (χ3n) is 5.21. The molecule has 0 radical (unpaired) electrons. The average Bonchev–Trinajstić information content (AvgIpc) is 3.11. The molecular formula is C18H26ClFN4O3. The second-order valence-electron chi connectivity index (χ2n) is 6.94. The molecule has 9 heteroatoms. The molecule has 7 nitrogen and oxygen atoms in total. The van der Waals surface area contributed by atoms with Crippen molar-refractivity contribution in [2.24, 2.45) is 11.1 Å². The van der Waals surface area contributed by atoms with Crippen LogP contribution in [0.25, 0.3) is 0 Å². The molecule has 2 heterocycles. The zero-order valence-corrected chi connectivity index (χ0v) is 15.9. The lowest BCUT2D eigenvalue weighted by Crippen LogP contribution is -2.51. The van der Waals surface area contributed by atoms with Crippen molar-refractivity contribution in [2.45, 2.75) is 25.3 Å². The van der Waals surface area contributed by atoms with Gasteiger partial charge in [0.2, 0.25) is 5.91 Å². The van der Waals surface area contributed by atoms with Gasteiger partial charge in [0.05, 0.1) is 5.41 Å². The highest BCUT2D eigenvalue weighted by molar-refractivity contribution is 5.89. The van der Waals surface area contributed by atoms with Crippen LogP contribution < -0.4 is 16.4 Å². The molecule has 150 valence electrons. The van der Waals surface area contributed by atoms with Gasteiger partial charge in [-0.2, -0.15) is 0 Å². The van der Waals surface area contributed by atoms with Gasteiger partial charge in [0.15, 0.2) is 0 Å². The van der Waals surface area contributed by atoms with Crippen LogP contribution in [-0.4, -0.2) is 55.7 Å². The minimum absolute atomic E-state index is 0. The maximum Gasteiger partial charge on any atom is 0.319 e. The summed E-state index contributed by atoms with van der Waals surface area (Å²) in [5, 5.41) is 5.53. The Morgan fingerprint density at radius 2 is 1.93 bits per heavy atom. The normalized spacial score (nSPS) is 21.3. The predicted molar refractivity (Wildman–Crippen MR) is 102 cm³/mol. The van der Waals surface area contributed by atoms with E-state index < -0.39 is 5.41 Å². The Balaban J connectivity index is 0.00000261. The number of urea groups is 1. The summed E-state index contributed by atoms with van der Waals surface area (Å²) in [6.45, 7) is 2.49. The molecule has 2 aliphatic rings. The first kappa shape index (κ1) is 21.4. The molecule has 1 atom stereocenters. The van der Waals surface area contributed by atoms with Crippen molar-refractivity contribution >= 4 is 30.0 Å². The van der Waals surface area contributed by atoms with E-state index in [0.29, 0.717) is 57.8 Å². The molecule has 4 N–H and O–H groups in total. The van der Waals surface area contributed by atoms with Gasteiger partial charge < -0.3 is 26.0 Å². The molecule has 2 fully saturated rings. The summed E-state index contributed by atoms with van der Waals surface area (Å²) in [5.74, 6) is -0.297. The van der Waals surface area contributed by atoms with Crippen molar-refractivity contribution in [1.29, 1.82) is 0 Å². The van der Waals surface area contributed by atoms with E-state index in [1.165, 1.54) is 24.3 Å². The number of carbonyl (C=O) groups is 2. The summed E-state index contributed by atoms with van der Waals surface area (Å²) in [6.07, 6.45) is 1.98. The topological polar surface area (TPSA) is 96.7 Å². The molecule has 0 saturated carbocycles. The van der Waals surface area contributed by atoms with Crippen molar-refractivity contribution in [3.05, 3.63) is 30.1 Å². The van der Waals surface area contributed by atoms with E-state index in [4.69, 9.17) is 10.5 Å².